The number of alkyl halides is 3. The molecule has 0 aromatic heterocycles. The van der Waals surface area contributed by atoms with Crippen LogP contribution >= 0.6 is 27.5 Å². The third-order valence-corrected chi connectivity index (χ3v) is 3.49. The van der Waals surface area contributed by atoms with Crippen LogP contribution in [0.4, 0.5) is 23.2 Å². The number of hydrogen-bond donors (Lipinski definition) is 1. The van der Waals surface area contributed by atoms with Crippen LogP contribution in [0, 0.1) is 5.82 Å². The van der Waals surface area contributed by atoms with Crippen LogP contribution in [-0.2, 0) is 12.7 Å². The van der Waals surface area contributed by atoms with Crippen LogP contribution in [-0.4, -0.2) is 0 Å². The average molecular weight is 383 g/mol. The number of nitrogens with one attached hydrogen (secondary N) is 1. The van der Waals surface area contributed by atoms with Crippen molar-refractivity contribution in [1.29, 1.82) is 0 Å². The molecular formula is C14H9BrClF4N. The second-order valence-corrected chi connectivity index (χ2v) is 5.65. The zero-order chi connectivity index (χ0) is 15.6. The minimum atomic E-state index is -4.44. The van der Waals surface area contributed by atoms with E-state index < -0.39 is 17.6 Å². The lowest BCUT2D eigenvalue weighted by Crippen LogP contribution is -2.07. The van der Waals surface area contributed by atoms with E-state index in [9.17, 15) is 17.6 Å². The minimum Gasteiger partial charge on any atom is -0.380 e. The van der Waals surface area contributed by atoms with Crippen LogP contribution < -0.4 is 5.32 Å². The second-order valence-electron chi connectivity index (χ2n) is 4.32. The third kappa shape index (κ3) is 4.35. The van der Waals surface area contributed by atoms with Gasteiger partial charge in [0.25, 0.3) is 0 Å². The first-order valence-electron chi connectivity index (χ1n) is 5.81. The summed E-state index contributed by atoms with van der Waals surface area (Å²) in [6.45, 7) is 0.150. The van der Waals surface area contributed by atoms with Crippen molar-refractivity contribution in [3.63, 3.8) is 0 Å². The minimum absolute atomic E-state index is 0.145. The van der Waals surface area contributed by atoms with Gasteiger partial charge in [-0.05, 0) is 42.0 Å². The predicted octanol–water partition coefficient (Wildman–Crippen LogP) is 5.87. The molecule has 21 heavy (non-hydrogen) atoms. The Kier molecular flexibility index (Phi) is 4.78. The molecular weight excluding hydrogens is 374 g/mol. The summed E-state index contributed by atoms with van der Waals surface area (Å²) in [6.07, 6.45) is -4.44. The first kappa shape index (κ1) is 16.1. The number of anilines is 1. The molecule has 0 aliphatic heterocycles. The molecule has 0 aliphatic carbocycles. The maximum atomic E-state index is 13.2. The van der Waals surface area contributed by atoms with E-state index >= 15 is 0 Å². The zero-order valence-electron chi connectivity index (χ0n) is 10.4. The van der Waals surface area contributed by atoms with E-state index in [-0.39, 0.29) is 17.3 Å². The highest BCUT2D eigenvalue weighted by Gasteiger charge is 2.30. The Balaban J connectivity index is 2.19. The Morgan fingerprint density at radius 2 is 1.81 bits per heavy atom. The summed E-state index contributed by atoms with van der Waals surface area (Å²) in [5.41, 5.74) is -0.0722. The molecule has 7 heteroatoms. The molecule has 0 heterocycles. The summed E-state index contributed by atoms with van der Waals surface area (Å²) in [4.78, 5) is 0. The highest BCUT2D eigenvalue weighted by Crippen LogP contribution is 2.34. The molecule has 0 radical (unpaired) electrons. The van der Waals surface area contributed by atoms with E-state index in [1.807, 2.05) is 0 Å². The van der Waals surface area contributed by atoms with Gasteiger partial charge in [0.05, 0.1) is 16.3 Å². The SMILES string of the molecule is Fc1cc(Br)cc(CNc2cc(C(F)(F)F)ccc2Cl)c1. The monoisotopic (exact) mass is 381 g/mol. The quantitative estimate of drug-likeness (QED) is 0.654. The van der Waals surface area contributed by atoms with Crippen LogP contribution in [0.2, 0.25) is 5.02 Å². The highest BCUT2D eigenvalue weighted by atomic mass is 79.9. The maximum absolute atomic E-state index is 13.2. The fourth-order valence-electron chi connectivity index (χ4n) is 1.75. The number of hydrogen-bond acceptors (Lipinski definition) is 1. The Hall–Kier alpha value is -1.27. The van der Waals surface area contributed by atoms with Gasteiger partial charge in [-0.15, -0.1) is 0 Å². The van der Waals surface area contributed by atoms with Crippen LogP contribution in [0.3, 0.4) is 0 Å². The fourth-order valence-corrected chi connectivity index (χ4v) is 2.44. The van der Waals surface area contributed by atoms with E-state index in [0.717, 1.165) is 12.1 Å². The van der Waals surface area contributed by atoms with E-state index in [2.05, 4.69) is 21.2 Å². The van der Waals surface area contributed by atoms with Gasteiger partial charge in [-0.2, -0.15) is 13.2 Å². The predicted molar refractivity (Wildman–Crippen MR) is 77.9 cm³/mol. The van der Waals surface area contributed by atoms with Crippen LogP contribution in [0.25, 0.3) is 0 Å². The molecule has 1 nitrogen and oxygen atoms in total. The molecule has 0 unspecified atom stereocenters. The molecule has 2 aromatic rings. The van der Waals surface area contributed by atoms with Crippen LogP contribution in [0.5, 0.6) is 0 Å². The van der Waals surface area contributed by atoms with E-state index in [0.29, 0.717) is 10.0 Å². The average Bonchev–Trinajstić information content (AvgIpc) is 2.35. The van der Waals surface area contributed by atoms with E-state index in [1.54, 1.807) is 6.07 Å². The van der Waals surface area contributed by atoms with Gasteiger partial charge in [-0.1, -0.05) is 27.5 Å². The lowest BCUT2D eigenvalue weighted by atomic mass is 10.1. The molecule has 0 aliphatic rings. The molecule has 1 N–H and O–H groups in total. The number of benzene rings is 2. The van der Waals surface area contributed by atoms with E-state index in [1.165, 1.54) is 18.2 Å². The first-order chi connectivity index (χ1) is 9.75. The van der Waals surface area contributed by atoms with Crippen molar-refractivity contribution in [2.45, 2.75) is 12.7 Å². The standard InChI is InChI=1S/C14H9BrClF4N/c15-10-3-8(4-11(17)6-10)7-21-13-5-9(14(18,19)20)1-2-12(13)16/h1-6,21H,7H2. The second kappa shape index (κ2) is 6.23. The third-order valence-electron chi connectivity index (χ3n) is 2.70. The Morgan fingerprint density at radius 3 is 2.43 bits per heavy atom. The van der Waals surface area contributed by atoms with E-state index in [4.69, 9.17) is 11.6 Å². The highest BCUT2D eigenvalue weighted by molar-refractivity contribution is 9.10. The van der Waals surface area contributed by atoms with Gasteiger partial charge in [0.1, 0.15) is 5.82 Å². The molecule has 0 fully saturated rings. The summed E-state index contributed by atoms with van der Waals surface area (Å²) in [7, 11) is 0. The normalized spacial score (nSPS) is 11.5. The van der Waals surface area contributed by atoms with Crippen molar-refractivity contribution >= 4 is 33.2 Å². The topological polar surface area (TPSA) is 12.0 Å². The Morgan fingerprint density at radius 1 is 1.10 bits per heavy atom. The Labute approximate surface area is 132 Å². The molecule has 2 aromatic carbocycles. The zero-order valence-corrected chi connectivity index (χ0v) is 12.8. The summed E-state index contributed by atoms with van der Waals surface area (Å²) in [5, 5.41) is 2.94. The lowest BCUT2D eigenvalue weighted by molar-refractivity contribution is -0.137. The maximum Gasteiger partial charge on any atom is 0.416 e. The number of halogens is 6. The van der Waals surface area contributed by atoms with Gasteiger partial charge in [0.2, 0.25) is 0 Å². The first-order valence-corrected chi connectivity index (χ1v) is 6.98. The summed E-state index contributed by atoms with van der Waals surface area (Å²) in [6, 6.07) is 7.26. The van der Waals surface area contributed by atoms with Crippen molar-refractivity contribution < 1.29 is 17.6 Å². The Bertz CT molecular complexity index is 638. The fraction of sp³-hybridized carbons (Fsp3) is 0.143. The van der Waals surface area contributed by atoms with Crippen LogP contribution in [0.15, 0.2) is 40.9 Å². The number of rotatable bonds is 3. The van der Waals surface area contributed by atoms with Gasteiger partial charge in [-0.3, -0.25) is 0 Å². The van der Waals surface area contributed by atoms with Crippen molar-refractivity contribution in [2.24, 2.45) is 0 Å². The summed E-state index contributed by atoms with van der Waals surface area (Å²) in [5.74, 6) is -0.434. The smallest absolute Gasteiger partial charge is 0.380 e. The molecule has 0 saturated heterocycles. The summed E-state index contributed by atoms with van der Waals surface area (Å²) < 4.78 is 51.7. The molecule has 2 rings (SSSR count). The van der Waals surface area contributed by atoms with Crippen molar-refractivity contribution in [3.05, 3.63) is 62.8 Å². The molecule has 0 atom stereocenters. The lowest BCUT2D eigenvalue weighted by Gasteiger charge is -2.12. The molecule has 0 amide bonds. The molecule has 0 saturated carbocycles. The largest absolute Gasteiger partial charge is 0.416 e. The summed E-state index contributed by atoms with van der Waals surface area (Å²) >= 11 is 9.01. The van der Waals surface area contributed by atoms with Crippen molar-refractivity contribution in [2.75, 3.05) is 5.32 Å². The van der Waals surface area contributed by atoms with Gasteiger partial charge in [0, 0.05) is 11.0 Å². The van der Waals surface area contributed by atoms with Gasteiger partial charge < -0.3 is 5.32 Å². The van der Waals surface area contributed by atoms with Crippen molar-refractivity contribution in [3.8, 4) is 0 Å². The molecule has 0 bridgehead atoms. The molecule has 0 spiro atoms. The van der Waals surface area contributed by atoms with Crippen LogP contribution in [0.1, 0.15) is 11.1 Å². The van der Waals surface area contributed by atoms with Gasteiger partial charge >= 0.3 is 6.18 Å². The van der Waals surface area contributed by atoms with Gasteiger partial charge in [-0.25, -0.2) is 4.39 Å². The van der Waals surface area contributed by atoms with Crippen molar-refractivity contribution in [1.82, 2.24) is 0 Å². The van der Waals surface area contributed by atoms with Gasteiger partial charge in [0.15, 0.2) is 0 Å². The molecule has 112 valence electrons.